The summed E-state index contributed by atoms with van der Waals surface area (Å²) in [5.74, 6) is 2.31. The molecule has 0 saturated carbocycles. The number of hydrogen-bond acceptors (Lipinski definition) is 7. The van der Waals surface area contributed by atoms with Crippen molar-refractivity contribution in [1.29, 1.82) is 0 Å². The molecule has 0 aliphatic carbocycles. The van der Waals surface area contributed by atoms with Gasteiger partial charge in [-0.1, -0.05) is 30.3 Å². The summed E-state index contributed by atoms with van der Waals surface area (Å²) in [6.45, 7) is 2.49. The molecule has 6 rings (SSSR count). The lowest BCUT2D eigenvalue weighted by Crippen LogP contribution is -2.48. The zero-order valence-electron chi connectivity index (χ0n) is 21.2. The lowest BCUT2D eigenvalue weighted by Gasteiger charge is -2.31. The number of benzene rings is 2. The van der Waals surface area contributed by atoms with Gasteiger partial charge in [0.2, 0.25) is 5.91 Å². The molecule has 1 aliphatic heterocycles. The van der Waals surface area contributed by atoms with E-state index in [0.717, 1.165) is 51.6 Å². The van der Waals surface area contributed by atoms with Crippen LogP contribution in [0.2, 0.25) is 0 Å². The zero-order valence-corrected chi connectivity index (χ0v) is 22.0. The number of thiazole rings is 1. The van der Waals surface area contributed by atoms with Crippen LogP contribution in [-0.2, 0) is 17.6 Å². The van der Waals surface area contributed by atoms with E-state index in [9.17, 15) is 4.79 Å². The Labute approximate surface area is 225 Å². The first kappa shape index (κ1) is 24.0. The fourth-order valence-electron chi connectivity index (χ4n) is 5.07. The van der Waals surface area contributed by atoms with Crippen LogP contribution in [0.25, 0.3) is 22.5 Å². The Balaban J connectivity index is 1.43. The Bertz CT molecular complexity index is 1550. The molecule has 2 aromatic carbocycles. The first-order valence-corrected chi connectivity index (χ1v) is 13.5. The number of aromatic nitrogens is 5. The second-order valence-corrected chi connectivity index (χ2v) is 10.1. The van der Waals surface area contributed by atoms with E-state index in [1.54, 1.807) is 17.9 Å². The van der Waals surface area contributed by atoms with Crippen LogP contribution in [0.15, 0.2) is 77.9 Å². The number of aromatic amines is 1. The highest BCUT2D eigenvalue weighted by Gasteiger charge is 2.35. The number of aryl methyl sites for hydroxylation is 1. The van der Waals surface area contributed by atoms with Crippen LogP contribution in [0, 0.1) is 6.92 Å². The van der Waals surface area contributed by atoms with Gasteiger partial charge in [0.15, 0.2) is 5.82 Å². The Morgan fingerprint density at radius 3 is 2.63 bits per heavy atom. The Hall–Kier alpha value is -4.37. The maximum absolute atomic E-state index is 14.4. The van der Waals surface area contributed by atoms with Gasteiger partial charge in [0, 0.05) is 49.0 Å². The highest BCUT2D eigenvalue weighted by molar-refractivity contribution is 7.07. The molecule has 4 heterocycles. The molecule has 190 valence electrons. The van der Waals surface area contributed by atoms with Gasteiger partial charge in [-0.25, -0.2) is 4.98 Å². The third-order valence-electron chi connectivity index (χ3n) is 7.04. The minimum Gasteiger partial charge on any atom is -0.347 e. The van der Waals surface area contributed by atoms with Crippen molar-refractivity contribution in [3.8, 4) is 22.5 Å². The number of anilines is 2. The fourth-order valence-corrected chi connectivity index (χ4v) is 5.65. The van der Waals surface area contributed by atoms with Crippen molar-refractivity contribution in [2.75, 3.05) is 23.4 Å². The van der Waals surface area contributed by atoms with Gasteiger partial charge in [0.05, 0.1) is 5.51 Å². The standard InChI is InChI=1S/C29H27N7OS/c1-19-32-28(34-33-19)24-15-22(21-8-11-30-12-9-21)16-25-23(24)10-13-36(25)29(37)26(14-20-6-4-3-5-7-20)35(2)27-17-38-18-31-27/h3-9,11-12,15-18,26H,10,13-14H2,1-2H3,(H,32,33,34)/t26-/m0/s1. The molecule has 0 unspecified atom stereocenters. The number of H-pyrrole nitrogens is 1. The molecular formula is C29H27N7OS. The quantitative estimate of drug-likeness (QED) is 0.326. The second-order valence-electron chi connectivity index (χ2n) is 9.42. The molecule has 8 nitrogen and oxygen atoms in total. The molecule has 1 amide bonds. The number of hydrogen-bond donors (Lipinski definition) is 1. The Morgan fingerprint density at radius 2 is 1.92 bits per heavy atom. The summed E-state index contributed by atoms with van der Waals surface area (Å²) in [5, 5.41) is 10.6. The number of likely N-dealkylation sites (N-methyl/N-ethyl adjacent to an activating group) is 1. The predicted molar refractivity (Wildman–Crippen MR) is 150 cm³/mol. The largest absolute Gasteiger partial charge is 0.347 e. The number of pyridine rings is 1. The number of rotatable bonds is 7. The molecular weight excluding hydrogens is 494 g/mol. The average molecular weight is 522 g/mol. The molecule has 0 bridgehead atoms. The van der Waals surface area contributed by atoms with Crippen LogP contribution in [0.4, 0.5) is 11.5 Å². The van der Waals surface area contributed by atoms with Gasteiger partial charge in [0.1, 0.15) is 17.7 Å². The molecule has 9 heteroatoms. The molecule has 5 aromatic rings. The molecule has 1 N–H and O–H groups in total. The minimum atomic E-state index is -0.411. The van der Waals surface area contributed by atoms with Crippen molar-refractivity contribution >= 4 is 28.7 Å². The summed E-state index contributed by atoms with van der Waals surface area (Å²) in [4.78, 5) is 30.2. The number of carbonyl (C=O) groups excluding carboxylic acids is 1. The van der Waals surface area contributed by atoms with E-state index in [1.165, 1.54) is 11.3 Å². The number of nitrogens with one attached hydrogen (secondary N) is 1. The van der Waals surface area contributed by atoms with E-state index >= 15 is 0 Å². The lowest BCUT2D eigenvalue weighted by molar-refractivity contribution is -0.119. The van der Waals surface area contributed by atoms with E-state index in [0.29, 0.717) is 18.8 Å². The summed E-state index contributed by atoms with van der Waals surface area (Å²) >= 11 is 1.53. The van der Waals surface area contributed by atoms with Crippen LogP contribution in [0.3, 0.4) is 0 Å². The molecule has 3 aromatic heterocycles. The van der Waals surface area contributed by atoms with Gasteiger partial charge in [-0.3, -0.25) is 9.78 Å². The second kappa shape index (κ2) is 10.2. The number of nitrogens with zero attached hydrogens (tertiary/aromatic N) is 6. The normalized spacial score (nSPS) is 13.4. The summed E-state index contributed by atoms with van der Waals surface area (Å²) in [7, 11) is 1.95. The molecule has 38 heavy (non-hydrogen) atoms. The fraction of sp³-hybridized carbons (Fsp3) is 0.207. The van der Waals surface area contributed by atoms with Crippen LogP contribution in [-0.4, -0.2) is 50.7 Å². The maximum Gasteiger partial charge on any atom is 0.250 e. The third kappa shape index (κ3) is 4.56. The van der Waals surface area contributed by atoms with Gasteiger partial charge >= 0.3 is 0 Å². The molecule has 0 saturated heterocycles. The van der Waals surface area contributed by atoms with E-state index in [2.05, 4.69) is 49.4 Å². The molecule has 0 spiro atoms. The van der Waals surface area contributed by atoms with Crippen LogP contribution in [0.1, 0.15) is 17.0 Å². The Kier molecular flexibility index (Phi) is 6.43. The van der Waals surface area contributed by atoms with Crippen LogP contribution in [0.5, 0.6) is 0 Å². The van der Waals surface area contributed by atoms with Crippen molar-refractivity contribution in [2.45, 2.75) is 25.8 Å². The third-order valence-corrected chi connectivity index (χ3v) is 7.62. The van der Waals surface area contributed by atoms with Crippen molar-refractivity contribution in [1.82, 2.24) is 25.1 Å². The van der Waals surface area contributed by atoms with E-state index in [-0.39, 0.29) is 5.91 Å². The predicted octanol–water partition coefficient (Wildman–Crippen LogP) is 4.94. The highest BCUT2D eigenvalue weighted by atomic mass is 32.1. The summed E-state index contributed by atoms with van der Waals surface area (Å²) < 4.78 is 0. The zero-order chi connectivity index (χ0) is 26.1. The van der Waals surface area contributed by atoms with Crippen LogP contribution < -0.4 is 9.80 Å². The van der Waals surface area contributed by atoms with Crippen molar-refractivity contribution in [3.05, 3.63) is 94.8 Å². The van der Waals surface area contributed by atoms with Crippen LogP contribution >= 0.6 is 11.3 Å². The first-order valence-electron chi connectivity index (χ1n) is 12.5. The Morgan fingerprint density at radius 1 is 1.11 bits per heavy atom. The molecule has 1 aliphatic rings. The van der Waals surface area contributed by atoms with E-state index < -0.39 is 6.04 Å². The van der Waals surface area contributed by atoms with Gasteiger partial charge in [0.25, 0.3) is 0 Å². The smallest absolute Gasteiger partial charge is 0.250 e. The first-order chi connectivity index (χ1) is 18.6. The monoisotopic (exact) mass is 521 g/mol. The molecule has 1 atom stereocenters. The van der Waals surface area contributed by atoms with Crippen molar-refractivity contribution in [2.24, 2.45) is 0 Å². The van der Waals surface area contributed by atoms with Crippen molar-refractivity contribution < 1.29 is 4.79 Å². The van der Waals surface area contributed by atoms with Gasteiger partial charge < -0.3 is 14.8 Å². The number of amides is 1. The highest BCUT2D eigenvalue weighted by Crippen LogP contribution is 2.40. The minimum absolute atomic E-state index is 0.0506. The van der Waals surface area contributed by atoms with Gasteiger partial charge in [-0.2, -0.15) is 0 Å². The number of carbonyl (C=O) groups is 1. The average Bonchev–Trinajstić information content (AvgIpc) is 3.73. The lowest BCUT2D eigenvalue weighted by atomic mass is 9.97. The van der Waals surface area contributed by atoms with E-state index in [4.69, 9.17) is 0 Å². The topological polar surface area (TPSA) is 90.9 Å². The number of fused-ring (bicyclic) bond motifs is 1. The summed E-state index contributed by atoms with van der Waals surface area (Å²) in [6.07, 6.45) is 4.88. The van der Waals surface area contributed by atoms with Gasteiger partial charge in [-0.15, -0.1) is 21.5 Å². The SMILES string of the molecule is Cc1nnc(-c2cc(-c3ccncc3)cc3c2CCN3C(=O)[C@H](Cc2ccccc2)N(C)c2cscn2)[nH]1. The van der Waals surface area contributed by atoms with Gasteiger partial charge in [-0.05, 0) is 59.9 Å². The summed E-state index contributed by atoms with van der Waals surface area (Å²) in [5.41, 5.74) is 7.92. The molecule has 0 radical (unpaired) electrons. The van der Waals surface area contributed by atoms with E-state index in [1.807, 2.05) is 59.5 Å². The molecule has 0 fully saturated rings. The maximum atomic E-state index is 14.4. The summed E-state index contributed by atoms with van der Waals surface area (Å²) in [6, 6.07) is 17.9. The van der Waals surface area contributed by atoms with Crippen molar-refractivity contribution in [3.63, 3.8) is 0 Å².